The van der Waals surface area contributed by atoms with Crippen LogP contribution in [0.1, 0.15) is 21.5 Å². The number of anilines is 2. The van der Waals surface area contributed by atoms with Crippen molar-refractivity contribution in [2.24, 2.45) is 0 Å². The summed E-state index contributed by atoms with van der Waals surface area (Å²) in [5.74, 6) is -0.108. The van der Waals surface area contributed by atoms with Gasteiger partial charge < -0.3 is 10.6 Å². The monoisotopic (exact) mass is 280 g/mol. The lowest BCUT2D eigenvalue weighted by Gasteiger charge is -2.14. The number of hydrogen-bond acceptors (Lipinski definition) is 2. The molecule has 0 heterocycles. The molecule has 0 fully saturated rings. The number of carbonyl (C=O) groups excluding carboxylic acids is 1. The molecule has 0 aliphatic heterocycles. The first-order valence-electron chi connectivity index (χ1n) is 6.95. The van der Waals surface area contributed by atoms with Crippen LogP contribution >= 0.6 is 0 Å². The maximum absolute atomic E-state index is 12.2. The summed E-state index contributed by atoms with van der Waals surface area (Å²) >= 11 is 0. The minimum atomic E-state index is -0.108. The molecule has 0 aliphatic carbocycles. The van der Waals surface area contributed by atoms with Crippen molar-refractivity contribution >= 4 is 17.3 Å². The largest absolute Gasteiger partial charge is 0.355 e. The third-order valence-corrected chi connectivity index (χ3v) is 3.45. The fourth-order valence-corrected chi connectivity index (χ4v) is 2.08. The molecule has 0 spiro atoms. The number of benzene rings is 2. The van der Waals surface area contributed by atoms with E-state index in [4.69, 9.17) is 0 Å². The molecule has 0 aliphatic rings. The van der Waals surface area contributed by atoms with Gasteiger partial charge in [0.05, 0.1) is 11.3 Å². The molecule has 0 unspecified atom stereocenters. The minimum absolute atomic E-state index is 0.108. The van der Waals surface area contributed by atoms with Crippen molar-refractivity contribution in [2.45, 2.75) is 13.8 Å². The summed E-state index contributed by atoms with van der Waals surface area (Å²) in [6, 6.07) is 13.6. The molecule has 0 atom stereocenters. The Labute approximate surface area is 125 Å². The topological polar surface area (TPSA) is 41.1 Å². The van der Waals surface area contributed by atoms with Crippen LogP contribution in [0.5, 0.6) is 0 Å². The molecule has 108 valence electrons. The third kappa shape index (κ3) is 3.51. The van der Waals surface area contributed by atoms with E-state index in [0.29, 0.717) is 12.1 Å². The number of nitrogens with one attached hydrogen (secondary N) is 2. The Bertz CT molecular complexity index is 662. The van der Waals surface area contributed by atoms with Crippen LogP contribution < -0.4 is 10.6 Å². The summed E-state index contributed by atoms with van der Waals surface area (Å²) in [6.45, 7) is 8.20. The second kappa shape index (κ2) is 6.75. The molecule has 0 saturated heterocycles. The first-order chi connectivity index (χ1) is 10.1. The van der Waals surface area contributed by atoms with Gasteiger partial charge in [0, 0.05) is 12.2 Å². The lowest BCUT2D eigenvalue weighted by Crippen LogP contribution is -2.24. The molecule has 0 aromatic heterocycles. The summed E-state index contributed by atoms with van der Waals surface area (Å²) < 4.78 is 0. The van der Waals surface area contributed by atoms with Crippen molar-refractivity contribution in [3.05, 3.63) is 71.8 Å². The Morgan fingerprint density at radius 3 is 2.57 bits per heavy atom. The number of amides is 1. The van der Waals surface area contributed by atoms with E-state index < -0.39 is 0 Å². The molecule has 3 nitrogen and oxygen atoms in total. The van der Waals surface area contributed by atoms with E-state index >= 15 is 0 Å². The van der Waals surface area contributed by atoms with E-state index in [0.717, 1.165) is 11.4 Å². The first kappa shape index (κ1) is 14.9. The summed E-state index contributed by atoms with van der Waals surface area (Å²) in [4.78, 5) is 12.2. The molecule has 2 N–H and O–H groups in total. The van der Waals surface area contributed by atoms with Crippen molar-refractivity contribution in [3.63, 3.8) is 0 Å². The van der Waals surface area contributed by atoms with Gasteiger partial charge in [-0.2, -0.15) is 0 Å². The average Bonchev–Trinajstić information content (AvgIpc) is 2.50. The molecule has 2 aromatic rings. The number of rotatable bonds is 5. The summed E-state index contributed by atoms with van der Waals surface area (Å²) in [6.07, 6.45) is 1.67. The molecule has 3 heteroatoms. The second-order valence-electron chi connectivity index (χ2n) is 4.92. The quantitative estimate of drug-likeness (QED) is 0.814. The number of para-hydroxylation sites is 1. The Balaban J connectivity index is 2.30. The van der Waals surface area contributed by atoms with Gasteiger partial charge in [0.1, 0.15) is 0 Å². The molecular formula is C18H20N2O. The first-order valence-corrected chi connectivity index (χ1v) is 6.95. The van der Waals surface area contributed by atoms with Gasteiger partial charge in [-0.1, -0.05) is 30.3 Å². The molecule has 21 heavy (non-hydrogen) atoms. The average molecular weight is 280 g/mol. The lowest BCUT2D eigenvalue weighted by molar-refractivity contribution is 0.0959. The van der Waals surface area contributed by atoms with E-state index in [2.05, 4.69) is 37.1 Å². The molecule has 1 amide bonds. The van der Waals surface area contributed by atoms with Crippen LogP contribution in [-0.4, -0.2) is 12.5 Å². The van der Waals surface area contributed by atoms with Gasteiger partial charge in [-0.3, -0.25) is 4.79 Å². The predicted molar refractivity (Wildman–Crippen MR) is 88.2 cm³/mol. The molecule has 0 saturated carbocycles. The summed E-state index contributed by atoms with van der Waals surface area (Å²) in [5.41, 5.74) is 4.83. The van der Waals surface area contributed by atoms with Crippen LogP contribution in [0, 0.1) is 13.8 Å². The van der Waals surface area contributed by atoms with E-state index in [1.807, 2.05) is 36.4 Å². The molecule has 0 radical (unpaired) electrons. The third-order valence-electron chi connectivity index (χ3n) is 3.45. The van der Waals surface area contributed by atoms with E-state index in [1.165, 1.54) is 11.1 Å². The fourth-order valence-electron chi connectivity index (χ4n) is 2.08. The standard InChI is InChI=1S/C18H20N2O/c1-4-12-19-18(21)15-9-5-6-10-17(15)20-16-11-7-8-13(2)14(16)3/h4-11,20H,1,12H2,2-3H3,(H,19,21). The van der Waals surface area contributed by atoms with Gasteiger partial charge in [-0.25, -0.2) is 0 Å². The van der Waals surface area contributed by atoms with Gasteiger partial charge in [-0.15, -0.1) is 6.58 Å². The zero-order valence-corrected chi connectivity index (χ0v) is 12.4. The Morgan fingerprint density at radius 1 is 1.10 bits per heavy atom. The maximum atomic E-state index is 12.2. The molecule has 0 bridgehead atoms. The number of aryl methyl sites for hydroxylation is 1. The van der Waals surface area contributed by atoms with Crippen LogP contribution in [-0.2, 0) is 0 Å². The van der Waals surface area contributed by atoms with Crippen LogP contribution in [0.25, 0.3) is 0 Å². The van der Waals surface area contributed by atoms with Crippen molar-refractivity contribution in [3.8, 4) is 0 Å². The van der Waals surface area contributed by atoms with Crippen molar-refractivity contribution in [1.82, 2.24) is 5.32 Å². The van der Waals surface area contributed by atoms with Crippen molar-refractivity contribution < 1.29 is 4.79 Å². The zero-order chi connectivity index (χ0) is 15.2. The molecular weight excluding hydrogens is 260 g/mol. The molecule has 2 rings (SSSR count). The van der Waals surface area contributed by atoms with Gasteiger partial charge in [0.15, 0.2) is 0 Å². The SMILES string of the molecule is C=CCNC(=O)c1ccccc1Nc1cccc(C)c1C. The van der Waals surface area contributed by atoms with E-state index in [1.54, 1.807) is 6.08 Å². The highest BCUT2D eigenvalue weighted by Gasteiger charge is 2.11. The zero-order valence-electron chi connectivity index (χ0n) is 12.4. The van der Waals surface area contributed by atoms with Gasteiger partial charge in [0.25, 0.3) is 5.91 Å². The minimum Gasteiger partial charge on any atom is -0.355 e. The van der Waals surface area contributed by atoms with Crippen molar-refractivity contribution in [2.75, 3.05) is 11.9 Å². The fraction of sp³-hybridized carbons (Fsp3) is 0.167. The second-order valence-corrected chi connectivity index (χ2v) is 4.92. The maximum Gasteiger partial charge on any atom is 0.253 e. The lowest BCUT2D eigenvalue weighted by atomic mass is 10.1. The van der Waals surface area contributed by atoms with Crippen LogP contribution in [0.3, 0.4) is 0 Å². The highest BCUT2D eigenvalue weighted by molar-refractivity contribution is 6.00. The smallest absolute Gasteiger partial charge is 0.253 e. The van der Waals surface area contributed by atoms with Crippen molar-refractivity contribution in [1.29, 1.82) is 0 Å². The van der Waals surface area contributed by atoms with Crippen LogP contribution in [0.4, 0.5) is 11.4 Å². The highest BCUT2D eigenvalue weighted by atomic mass is 16.1. The summed E-state index contributed by atoms with van der Waals surface area (Å²) in [5, 5.41) is 6.16. The van der Waals surface area contributed by atoms with Gasteiger partial charge in [0.2, 0.25) is 0 Å². The Kier molecular flexibility index (Phi) is 4.77. The summed E-state index contributed by atoms with van der Waals surface area (Å²) in [7, 11) is 0. The van der Waals surface area contributed by atoms with Crippen LogP contribution in [0.15, 0.2) is 55.1 Å². The molecule has 2 aromatic carbocycles. The Hall–Kier alpha value is -2.55. The van der Waals surface area contributed by atoms with Gasteiger partial charge in [-0.05, 0) is 43.2 Å². The van der Waals surface area contributed by atoms with E-state index in [-0.39, 0.29) is 5.91 Å². The number of carbonyl (C=O) groups is 1. The normalized spacial score (nSPS) is 10.0. The predicted octanol–water partition coefficient (Wildman–Crippen LogP) is 3.96. The van der Waals surface area contributed by atoms with E-state index in [9.17, 15) is 4.79 Å². The number of hydrogen-bond donors (Lipinski definition) is 2. The van der Waals surface area contributed by atoms with Gasteiger partial charge >= 0.3 is 0 Å². The van der Waals surface area contributed by atoms with Crippen LogP contribution in [0.2, 0.25) is 0 Å². The Morgan fingerprint density at radius 2 is 1.81 bits per heavy atom. The highest BCUT2D eigenvalue weighted by Crippen LogP contribution is 2.25.